The van der Waals surface area contributed by atoms with Crippen molar-refractivity contribution in [1.29, 1.82) is 0 Å². The van der Waals surface area contributed by atoms with Gasteiger partial charge >= 0.3 is 0 Å². The molecular weight excluding hydrogens is 516 g/mol. The fourth-order valence-corrected chi connectivity index (χ4v) is 5.97. The summed E-state index contributed by atoms with van der Waals surface area (Å²) in [4.78, 5) is 31.1. The molecule has 6 rings (SSSR count). The van der Waals surface area contributed by atoms with E-state index in [0.717, 1.165) is 37.3 Å². The highest BCUT2D eigenvalue weighted by atomic mass is 32.1. The van der Waals surface area contributed by atoms with E-state index < -0.39 is 0 Å². The molecule has 0 aliphatic carbocycles. The third-order valence-corrected chi connectivity index (χ3v) is 8.08. The Labute approximate surface area is 227 Å². The van der Waals surface area contributed by atoms with Gasteiger partial charge in [0.15, 0.2) is 16.6 Å². The molecule has 4 aromatic heterocycles. The Morgan fingerprint density at radius 2 is 1.76 bits per heavy atom. The zero-order valence-electron chi connectivity index (χ0n) is 20.6. The number of para-hydroxylation sites is 1. The summed E-state index contributed by atoms with van der Waals surface area (Å²) in [7, 11) is 3.19. The van der Waals surface area contributed by atoms with Crippen molar-refractivity contribution < 1.29 is 14.3 Å². The number of benzene rings is 2. The van der Waals surface area contributed by atoms with Crippen LogP contribution in [0.3, 0.4) is 0 Å². The average Bonchev–Trinajstić information content (AvgIpc) is 3.65. The maximum atomic E-state index is 14.4. The van der Waals surface area contributed by atoms with E-state index in [2.05, 4.69) is 4.98 Å². The first-order valence-electron chi connectivity index (χ1n) is 11.8. The number of pyridine rings is 2. The van der Waals surface area contributed by atoms with E-state index in [1.807, 2.05) is 72.1 Å². The molecule has 4 heterocycles. The van der Waals surface area contributed by atoms with Crippen molar-refractivity contribution in [2.24, 2.45) is 0 Å². The predicted molar refractivity (Wildman–Crippen MR) is 153 cm³/mol. The minimum absolute atomic E-state index is 0.164. The van der Waals surface area contributed by atoms with Crippen LogP contribution < -0.4 is 14.4 Å². The number of aromatic nitrogens is 3. The van der Waals surface area contributed by atoms with Crippen molar-refractivity contribution in [3.8, 4) is 22.1 Å². The SMILES string of the molecule is COc1cc2nc(N(Cc3cccnc3)C(=O)c3cc(-c4cccs4)nc4ccccc34)sc2cc1OC. The van der Waals surface area contributed by atoms with Gasteiger partial charge in [0.25, 0.3) is 5.91 Å². The first-order chi connectivity index (χ1) is 18.6. The Morgan fingerprint density at radius 3 is 2.53 bits per heavy atom. The minimum Gasteiger partial charge on any atom is -0.493 e. The topological polar surface area (TPSA) is 77.4 Å². The minimum atomic E-state index is -0.164. The van der Waals surface area contributed by atoms with E-state index >= 15 is 0 Å². The van der Waals surface area contributed by atoms with Gasteiger partial charge in [-0.25, -0.2) is 9.97 Å². The number of methoxy groups -OCH3 is 2. The summed E-state index contributed by atoms with van der Waals surface area (Å²) >= 11 is 3.02. The van der Waals surface area contributed by atoms with E-state index in [1.54, 1.807) is 42.8 Å². The van der Waals surface area contributed by atoms with E-state index in [9.17, 15) is 4.79 Å². The van der Waals surface area contributed by atoms with Crippen molar-refractivity contribution in [3.63, 3.8) is 0 Å². The molecular formula is C29H22N4O3S2. The molecule has 0 saturated carbocycles. The van der Waals surface area contributed by atoms with Crippen LogP contribution in [-0.2, 0) is 6.54 Å². The monoisotopic (exact) mass is 538 g/mol. The molecule has 0 N–H and O–H groups in total. The highest BCUT2D eigenvalue weighted by Gasteiger charge is 2.25. The third-order valence-electron chi connectivity index (χ3n) is 6.14. The summed E-state index contributed by atoms with van der Waals surface area (Å²) in [5.41, 5.74) is 3.72. The molecule has 0 radical (unpaired) electrons. The standard InChI is InChI=1S/C29H22N4O3S2/c1-35-24-14-23-27(15-25(24)36-2)38-29(32-23)33(17-18-7-5-11-30-16-18)28(34)20-13-22(26-10-6-12-37-26)31-21-9-4-3-8-19(20)21/h3-16H,17H2,1-2H3. The van der Waals surface area contributed by atoms with Gasteiger partial charge in [0.05, 0.1) is 52.6 Å². The van der Waals surface area contributed by atoms with Crippen molar-refractivity contribution in [1.82, 2.24) is 15.0 Å². The molecule has 38 heavy (non-hydrogen) atoms. The van der Waals surface area contributed by atoms with E-state index in [4.69, 9.17) is 19.4 Å². The van der Waals surface area contributed by atoms with Gasteiger partial charge in [-0.1, -0.05) is 41.7 Å². The lowest BCUT2D eigenvalue weighted by Crippen LogP contribution is -2.30. The lowest BCUT2D eigenvalue weighted by Gasteiger charge is -2.21. The van der Waals surface area contributed by atoms with Gasteiger partial charge in [-0.15, -0.1) is 11.3 Å². The van der Waals surface area contributed by atoms with Crippen molar-refractivity contribution in [3.05, 3.63) is 95.6 Å². The quantitative estimate of drug-likeness (QED) is 0.222. The molecule has 9 heteroatoms. The maximum absolute atomic E-state index is 14.4. The highest BCUT2D eigenvalue weighted by Crippen LogP contribution is 2.38. The molecule has 0 spiro atoms. The summed E-state index contributed by atoms with van der Waals surface area (Å²) in [5, 5.41) is 3.37. The molecule has 7 nitrogen and oxygen atoms in total. The normalized spacial score (nSPS) is 11.1. The fraction of sp³-hybridized carbons (Fsp3) is 0.103. The number of rotatable bonds is 7. The van der Waals surface area contributed by atoms with Crippen LogP contribution in [-0.4, -0.2) is 35.1 Å². The van der Waals surface area contributed by atoms with E-state index in [0.29, 0.717) is 28.7 Å². The van der Waals surface area contributed by atoms with Crippen molar-refractivity contribution in [2.45, 2.75) is 6.54 Å². The fourth-order valence-electron chi connectivity index (χ4n) is 4.31. The summed E-state index contributed by atoms with van der Waals surface area (Å²) < 4.78 is 11.8. The molecule has 0 fully saturated rings. The molecule has 0 bridgehead atoms. The van der Waals surface area contributed by atoms with E-state index in [1.165, 1.54) is 11.3 Å². The van der Waals surface area contributed by atoms with Crippen LogP contribution in [0.25, 0.3) is 31.7 Å². The highest BCUT2D eigenvalue weighted by molar-refractivity contribution is 7.22. The first kappa shape index (κ1) is 24.0. The molecule has 0 unspecified atom stereocenters. The number of carbonyl (C=O) groups is 1. The predicted octanol–water partition coefficient (Wildman–Crippen LogP) is 6.83. The second-order valence-electron chi connectivity index (χ2n) is 8.47. The molecule has 0 atom stereocenters. The van der Waals surface area contributed by atoms with Gasteiger partial charge in [-0.2, -0.15) is 0 Å². The molecule has 0 aliphatic heterocycles. The lowest BCUT2D eigenvalue weighted by atomic mass is 10.1. The number of hydrogen-bond acceptors (Lipinski definition) is 8. The number of fused-ring (bicyclic) bond motifs is 2. The first-order valence-corrected chi connectivity index (χ1v) is 13.5. The van der Waals surface area contributed by atoms with Crippen molar-refractivity contribution in [2.75, 3.05) is 19.1 Å². The summed E-state index contributed by atoms with van der Waals surface area (Å²) in [6.45, 7) is 0.311. The molecule has 6 aromatic rings. The van der Waals surface area contributed by atoms with Gasteiger partial charge in [0.1, 0.15) is 0 Å². The Bertz CT molecular complexity index is 1710. The van der Waals surface area contributed by atoms with Crippen LogP contribution >= 0.6 is 22.7 Å². The summed E-state index contributed by atoms with van der Waals surface area (Å²) in [6.07, 6.45) is 3.48. The summed E-state index contributed by atoms with van der Waals surface area (Å²) in [5.74, 6) is 1.03. The molecule has 188 valence electrons. The van der Waals surface area contributed by atoms with Gasteiger partial charge in [-0.05, 0) is 35.2 Å². The molecule has 0 aliphatic rings. The van der Waals surface area contributed by atoms with Crippen LogP contribution in [0.1, 0.15) is 15.9 Å². The van der Waals surface area contributed by atoms with Gasteiger partial charge in [0, 0.05) is 29.9 Å². The number of anilines is 1. The van der Waals surface area contributed by atoms with Crippen molar-refractivity contribution >= 4 is 54.8 Å². The van der Waals surface area contributed by atoms with Crippen LogP contribution in [0.4, 0.5) is 5.13 Å². The number of ether oxygens (including phenoxy) is 2. The van der Waals surface area contributed by atoms with Crippen LogP contribution in [0.15, 0.2) is 84.5 Å². The van der Waals surface area contributed by atoms with Crippen LogP contribution in [0, 0.1) is 0 Å². The second kappa shape index (κ2) is 10.2. The van der Waals surface area contributed by atoms with E-state index in [-0.39, 0.29) is 5.91 Å². The molecule has 1 amide bonds. The third kappa shape index (κ3) is 4.46. The Hall–Kier alpha value is -4.34. The summed E-state index contributed by atoms with van der Waals surface area (Å²) in [6, 6.07) is 21.1. The largest absolute Gasteiger partial charge is 0.493 e. The Balaban J connectivity index is 1.51. The van der Waals surface area contributed by atoms with Gasteiger partial charge in [0.2, 0.25) is 0 Å². The Morgan fingerprint density at radius 1 is 0.921 bits per heavy atom. The number of nitrogens with zero attached hydrogens (tertiary/aromatic N) is 4. The average molecular weight is 539 g/mol. The maximum Gasteiger partial charge on any atom is 0.261 e. The van der Waals surface area contributed by atoms with Crippen LogP contribution in [0.5, 0.6) is 11.5 Å². The molecule has 2 aromatic carbocycles. The number of amides is 1. The smallest absolute Gasteiger partial charge is 0.261 e. The number of hydrogen-bond donors (Lipinski definition) is 0. The Kier molecular flexibility index (Phi) is 6.45. The molecule has 0 saturated heterocycles. The number of thiophene rings is 1. The zero-order valence-corrected chi connectivity index (χ0v) is 22.3. The second-order valence-corrected chi connectivity index (χ2v) is 10.4. The zero-order chi connectivity index (χ0) is 26.1. The van der Waals surface area contributed by atoms with Gasteiger partial charge < -0.3 is 9.47 Å². The lowest BCUT2D eigenvalue weighted by molar-refractivity contribution is 0.0986. The van der Waals surface area contributed by atoms with Crippen LogP contribution in [0.2, 0.25) is 0 Å². The number of thiazole rings is 1. The number of carbonyl (C=O) groups excluding carboxylic acids is 1. The van der Waals surface area contributed by atoms with Gasteiger partial charge in [-0.3, -0.25) is 14.7 Å².